The van der Waals surface area contributed by atoms with Crippen molar-refractivity contribution in [2.75, 3.05) is 19.0 Å². The molecule has 0 spiro atoms. The number of sulfonamides is 1. The second-order valence-electron chi connectivity index (χ2n) is 13.2. The summed E-state index contributed by atoms with van der Waals surface area (Å²) in [6.45, 7) is 6.80. The van der Waals surface area contributed by atoms with Crippen LogP contribution >= 0.6 is 11.8 Å². The van der Waals surface area contributed by atoms with Crippen molar-refractivity contribution in [2.45, 2.75) is 74.7 Å². The number of carbonyl (C=O) groups excluding carboxylic acids is 5. The summed E-state index contributed by atoms with van der Waals surface area (Å²) in [5.74, 6) is -5.88. The number of carboxylic acids is 2. The van der Waals surface area contributed by atoms with Crippen LogP contribution in [0.5, 0.6) is 0 Å². The molecule has 2 heterocycles. The van der Waals surface area contributed by atoms with Gasteiger partial charge in [-0.2, -0.15) is 0 Å². The maximum Gasteiger partial charge on any atom is 0.421 e. The molecule has 4 rings (SSSR count). The second kappa shape index (κ2) is 17.1. The van der Waals surface area contributed by atoms with E-state index in [-0.39, 0.29) is 48.2 Å². The van der Waals surface area contributed by atoms with Gasteiger partial charge in [0.05, 0.1) is 12.2 Å². The van der Waals surface area contributed by atoms with Crippen molar-refractivity contribution >= 4 is 63.5 Å². The van der Waals surface area contributed by atoms with Crippen molar-refractivity contribution in [3.63, 3.8) is 0 Å². The standard InChI is InChI=1S/C35H40N4O13S2/c1-5-51-34(48)38-54(49,50)24-11-7-6-9-22(24)33(47)52-17-20-18-53-30-26(29(42)39(30)27(20)32(45)46)37-25(40)12-8-10-23(31(43)44)36-28(41)19-13-15-21(16-14-19)35(2,3)4/h6-7,9,11,13-16,23,26,30H,5,8,10,12,17-18H2,1-4H3,(H,36,41)(H,37,40)(H,38,48)(H,43,44)(H,45,46)/t23?,26-,30+/m1/s1. The molecule has 19 heteroatoms. The molecule has 0 bridgehead atoms. The highest BCUT2D eigenvalue weighted by atomic mass is 32.2. The molecule has 17 nitrogen and oxygen atoms in total. The van der Waals surface area contributed by atoms with Crippen LogP contribution in [0.3, 0.4) is 0 Å². The molecule has 0 saturated carbocycles. The summed E-state index contributed by atoms with van der Waals surface area (Å²) < 4.78 is 37.0. The lowest BCUT2D eigenvalue weighted by Gasteiger charge is -2.49. The van der Waals surface area contributed by atoms with Crippen molar-refractivity contribution in [3.8, 4) is 0 Å². The average Bonchev–Trinajstić information content (AvgIpc) is 3.11. The Morgan fingerprint density at radius 1 is 1.00 bits per heavy atom. The van der Waals surface area contributed by atoms with E-state index in [9.17, 15) is 52.2 Å². The Kier molecular flexibility index (Phi) is 13.1. The predicted octanol–water partition coefficient (Wildman–Crippen LogP) is 2.37. The number of fused-ring (bicyclic) bond motifs is 1. The van der Waals surface area contributed by atoms with Gasteiger partial charge in [-0.1, -0.05) is 45.0 Å². The molecule has 1 saturated heterocycles. The lowest BCUT2D eigenvalue weighted by Crippen LogP contribution is -2.70. The number of amides is 4. The smallest absolute Gasteiger partial charge is 0.421 e. The van der Waals surface area contributed by atoms with Crippen molar-refractivity contribution in [1.82, 2.24) is 20.3 Å². The van der Waals surface area contributed by atoms with Crippen LogP contribution in [0.1, 0.15) is 73.2 Å². The van der Waals surface area contributed by atoms with Crippen LogP contribution in [0.25, 0.3) is 0 Å². The lowest BCUT2D eigenvalue weighted by molar-refractivity contribution is -0.150. The van der Waals surface area contributed by atoms with Crippen LogP contribution in [0, 0.1) is 0 Å². The number of aliphatic carboxylic acids is 2. The van der Waals surface area contributed by atoms with E-state index in [2.05, 4.69) is 15.4 Å². The fourth-order valence-electron chi connectivity index (χ4n) is 5.55. The SMILES string of the molecule is CCOC(=O)NS(=O)(=O)c1ccccc1C(=O)OCC1=C(C(=O)O)N2C(=O)[C@@H](NC(=O)CCCC(NC(=O)c3ccc(C(C)(C)C)cc3)C(=O)O)[C@@H]2SC1. The van der Waals surface area contributed by atoms with E-state index >= 15 is 0 Å². The van der Waals surface area contributed by atoms with Crippen LogP contribution in [-0.4, -0.2) is 102 Å². The van der Waals surface area contributed by atoms with Gasteiger partial charge in [-0.25, -0.2) is 32.3 Å². The first-order valence-electron chi connectivity index (χ1n) is 16.6. The fraction of sp³-hybridized carbons (Fsp3) is 0.400. The van der Waals surface area contributed by atoms with Gasteiger partial charge < -0.3 is 30.3 Å². The average molecular weight is 789 g/mol. The number of hydrogen-bond acceptors (Lipinski definition) is 12. The molecule has 4 amide bonds. The molecule has 54 heavy (non-hydrogen) atoms. The molecule has 5 N–H and O–H groups in total. The Morgan fingerprint density at radius 3 is 2.28 bits per heavy atom. The van der Waals surface area contributed by atoms with E-state index in [1.165, 1.54) is 19.1 Å². The second-order valence-corrected chi connectivity index (χ2v) is 16.0. The largest absolute Gasteiger partial charge is 0.480 e. The van der Waals surface area contributed by atoms with Gasteiger partial charge in [0.25, 0.3) is 21.8 Å². The number of nitrogens with one attached hydrogen (secondary N) is 3. The molecule has 2 aromatic rings. The Labute approximate surface area is 314 Å². The van der Waals surface area contributed by atoms with Crippen LogP contribution in [-0.2, 0) is 44.1 Å². The van der Waals surface area contributed by atoms with Gasteiger partial charge in [-0.05, 0) is 55.0 Å². The van der Waals surface area contributed by atoms with E-state index in [4.69, 9.17) is 4.74 Å². The van der Waals surface area contributed by atoms with E-state index in [1.807, 2.05) is 20.8 Å². The maximum absolute atomic E-state index is 13.1. The van der Waals surface area contributed by atoms with Gasteiger partial charge in [0, 0.05) is 23.3 Å². The van der Waals surface area contributed by atoms with Crippen LogP contribution in [0.4, 0.5) is 4.79 Å². The topological polar surface area (TPSA) is 252 Å². The van der Waals surface area contributed by atoms with E-state index in [0.29, 0.717) is 0 Å². The maximum atomic E-state index is 13.1. The van der Waals surface area contributed by atoms with Crippen LogP contribution in [0.2, 0.25) is 0 Å². The van der Waals surface area contributed by atoms with E-state index in [1.54, 1.807) is 29.0 Å². The Balaban J connectivity index is 1.33. The molecule has 0 radical (unpaired) electrons. The first kappa shape index (κ1) is 41.3. The summed E-state index contributed by atoms with van der Waals surface area (Å²) >= 11 is 1.10. The van der Waals surface area contributed by atoms with Gasteiger partial charge in [0.1, 0.15) is 34.7 Å². The molecule has 2 aromatic carbocycles. The highest BCUT2D eigenvalue weighted by molar-refractivity contribution is 8.00. The number of ether oxygens (including phenoxy) is 2. The number of benzene rings is 2. The fourth-order valence-corrected chi connectivity index (χ4v) is 7.97. The highest BCUT2D eigenvalue weighted by Crippen LogP contribution is 2.40. The molecular formula is C35H40N4O13S2. The third-order valence-electron chi connectivity index (χ3n) is 8.35. The summed E-state index contributed by atoms with van der Waals surface area (Å²) in [5, 5.41) is 23.9. The van der Waals surface area contributed by atoms with Crippen molar-refractivity contribution < 1.29 is 61.7 Å². The monoisotopic (exact) mass is 788 g/mol. The van der Waals surface area contributed by atoms with Gasteiger partial charge >= 0.3 is 24.0 Å². The number of carboxylic acid groups (broad SMARTS) is 2. The number of carbonyl (C=O) groups is 7. The minimum absolute atomic E-state index is 0.0288. The molecule has 2 aliphatic heterocycles. The first-order chi connectivity index (χ1) is 25.3. The Bertz CT molecular complexity index is 1970. The summed E-state index contributed by atoms with van der Waals surface area (Å²) in [7, 11) is -4.56. The molecule has 290 valence electrons. The molecule has 0 aliphatic carbocycles. The number of rotatable bonds is 15. The Hall–Kier alpha value is -5.43. The van der Waals surface area contributed by atoms with Gasteiger partial charge in [-0.3, -0.25) is 19.3 Å². The Morgan fingerprint density at radius 2 is 1.67 bits per heavy atom. The normalized spacial score (nSPS) is 17.3. The highest BCUT2D eigenvalue weighted by Gasteiger charge is 2.54. The minimum atomic E-state index is -4.56. The summed E-state index contributed by atoms with van der Waals surface area (Å²) in [6.07, 6.45) is -1.47. The van der Waals surface area contributed by atoms with Crippen molar-refractivity contribution in [2.24, 2.45) is 0 Å². The van der Waals surface area contributed by atoms with Gasteiger partial charge in [0.2, 0.25) is 5.91 Å². The van der Waals surface area contributed by atoms with Crippen LogP contribution in [0.15, 0.2) is 64.7 Å². The zero-order chi connectivity index (χ0) is 40.0. The molecule has 1 unspecified atom stereocenters. The molecule has 1 fully saturated rings. The molecular weight excluding hydrogens is 749 g/mol. The van der Waals surface area contributed by atoms with Crippen molar-refractivity contribution in [1.29, 1.82) is 0 Å². The summed E-state index contributed by atoms with van der Waals surface area (Å²) in [4.78, 5) is 87.8. The minimum Gasteiger partial charge on any atom is -0.480 e. The molecule has 2 aliphatic rings. The van der Waals surface area contributed by atoms with E-state index < -0.39 is 92.0 Å². The number of hydrogen-bond donors (Lipinski definition) is 5. The van der Waals surface area contributed by atoms with E-state index in [0.717, 1.165) is 34.4 Å². The number of β-lactam (4-membered cyclic amide) rings is 1. The number of nitrogens with zero attached hydrogens (tertiary/aromatic N) is 1. The lowest BCUT2D eigenvalue weighted by atomic mass is 9.86. The summed E-state index contributed by atoms with van der Waals surface area (Å²) in [6, 6.07) is 9.29. The van der Waals surface area contributed by atoms with Crippen LogP contribution < -0.4 is 15.4 Å². The quantitative estimate of drug-likeness (QED) is 0.128. The summed E-state index contributed by atoms with van der Waals surface area (Å²) in [5.41, 5.74) is 0.275. The zero-order valence-electron chi connectivity index (χ0n) is 29.7. The van der Waals surface area contributed by atoms with Gasteiger partial charge in [0.15, 0.2) is 0 Å². The third-order valence-corrected chi connectivity index (χ3v) is 11.1. The zero-order valence-corrected chi connectivity index (χ0v) is 31.4. The molecule has 3 atom stereocenters. The van der Waals surface area contributed by atoms with Crippen molar-refractivity contribution in [3.05, 3.63) is 76.5 Å². The molecule has 0 aromatic heterocycles. The number of esters is 1. The third kappa shape index (κ3) is 9.75. The number of thioether (sulfide) groups is 1. The predicted molar refractivity (Wildman–Crippen MR) is 192 cm³/mol. The first-order valence-corrected chi connectivity index (χ1v) is 19.2. The van der Waals surface area contributed by atoms with Gasteiger partial charge in [-0.15, -0.1) is 11.8 Å².